The summed E-state index contributed by atoms with van der Waals surface area (Å²) in [6, 6.07) is 11.7. The van der Waals surface area contributed by atoms with E-state index in [1.807, 2.05) is 0 Å². The van der Waals surface area contributed by atoms with E-state index < -0.39 is 17.1 Å². The van der Waals surface area contributed by atoms with Crippen LogP contribution in [0.3, 0.4) is 0 Å². The van der Waals surface area contributed by atoms with E-state index in [9.17, 15) is 14.4 Å². The summed E-state index contributed by atoms with van der Waals surface area (Å²) in [5.74, 6) is -0.672. The van der Waals surface area contributed by atoms with Gasteiger partial charge in [-0.3, -0.25) is 19.3 Å². The molecule has 0 spiro atoms. The molecule has 1 saturated heterocycles. The summed E-state index contributed by atoms with van der Waals surface area (Å²) >= 11 is 12.8. The molecule has 1 fully saturated rings. The first-order valence-corrected chi connectivity index (χ1v) is 9.62. The zero-order valence-electron chi connectivity index (χ0n) is 14.4. The fraction of sp³-hybridized carbons (Fsp3) is 0.105. The summed E-state index contributed by atoms with van der Waals surface area (Å²) in [5, 5.41) is 0.439. The molecule has 3 amide bonds. The topological polar surface area (TPSA) is 89.7 Å². The van der Waals surface area contributed by atoms with Crippen LogP contribution in [-0.2, 0) is 16.1 Å². The van der Waals surface area contributed by atoms with Gasteiger partial charge >= 0.3 is 0 Å². The first-order valence-electron chi connectivity index (χ1n) is 8.04. The number of benzene rings is 2. The van der Waals surface area contributed by atoms with Gasteiger partial charge < -0.3 is 10.5 Å². The minimum absolute atomic E-state index is 0.0395. The molecule has 1 aliphatic heterocycles. The molecule has 0 radical (unpaired) electrons. The highest BCUT2D eigenvalue weighted by Gasteiger charge is 2.35. The second kappa shape index (κ2) is 8.68. The number of imide groups is 1. The summed E-state index contributed by atoms with van der Waals surface area (Å²) in [6.07, 6.45) is 1.55. The number of ether oxygens (including phenoxy) is 1. The summed E-state index contributed by atoms with van der Waals surface area (Å²) in [4.78, 5) is 37.3. The molecule has 144 valence electrons. The highest BCUT2D eigenvalue weighted by Crippen LogP contribution is 2.35. The summed E-state index contributed by atoms with van der Waals surface area (Å²) in [6.45, 7) is -0.251. The van der Waals surface area contributed by atoms with Gasteiger partial charge in [0, 0.05) is 15.6 Å². The molecule has 2 aromatic rings. The third kappa shape index (κ3) is 4.67. The van der Waals surface area contributed by atoms with E-state index >= 15 is 0 Å². The number of hydrogen-bond acceptors (Lipinski definition) is 5. The lowest BCUT2D eigenvalue weighted by Crippen LogP contribution is -2.27. The maximum Gasteiger partial charge on any atom is 0.293 e. The van der Waals surface area contributed by atoms with Gasteiger partial charge in [-0.15, -0.1) is 0 Å². The van der Waals surface area contributed by atoms with Gasteiger partial charge in [-0.05, 0) is 41.6 Å². The largest absolute Gasteiger partial charge is 0.483 e. The molecule has 3 rings (SSSR count). The minimum Gasteiger partial charge on any atom is -0.483 e. The average Bonchev–Trinajstić information content (AvgIpc) is 2.90. The Labute approximate surface area is 175 Å². The van der Waals surface area contributed by atoms with Crippen molar-refractivity contribution in [1.82, 2.24) is 4.90 Å². The van der Waals surface area contributed by atoms with Crippen molar-refractivity contribution >= 4 is 58.1 Å². The van der Waals surface area contributed by atoms with Gasteiger partial charge in [0.25, 0.3) is 17.1 Å². The molecule has 2 N–H and O–H groups in total. The van der Waals surface area contributed by atoms with Crippen LogP contribution in [-0.4, -0.2) is 28.6 Å². The first-order chi connectivity index (χ1) is 13.3. The van der Waals surface area contributed by atoms with Gasteiger partial charge in [0.05, 0.1) is 11.4 Å². The number of carbonyl (C=O) groups is 3. The molecule has 0 aromatic heterocycles. The third-order valence-electron chi connectivity index (χ3n) is 3.79. The van der Waals surface area contributed by atoms with E-state index in [0.29, 0.717) is 26.9 Å². The van der Waals surface area contributed by atoms with Crippen LogP contribution in [0.2, 0.25) is 10.0 Å². The van der Waals surface area contributed by atoms with Crippen molar-refractivity contribution in [3.05, 3.63) is 68.5 Å². The second-order valence-electron chi connectivity index (χ2n) is 5.80. The first kappa shape index (κ1) is 20.3. The standard InChI is InChI=1S/C19H14Cl2N2O4S/c20-13-6-5-12(14(21)8-13)9-23-18(25)16(28-19(23)26)7-11-3-1-2-4-15(11)27-10-17(22)24/h1-8H,9-10H2,(H2,22,24)/b16-7-. The van der Waals surface area contributed by atoms with Crippen LogP contribution in [0.25, 0.3) is 6.08 Å². The van der Waals surface area contributed by atoms with Crippen molar-refractivity contribution in [2.45, 2.75) is 6.54 Å². The molecule has 0 unspecified atom stereocenters. The van der Waals surface area contributed by atoms with Gasteiger partial charge in [-0.1, -0.05) is 47.5 Å². The number of amides is 3. The van der Waals surface area contributed by atoms with Crippen molar-refractivity contribution < 1.29 is 19.1 Å². The fourth-order valence-electron chi connectivity index (χ4n) is 2.48. The molecule has 0 atom stereocenters. The molecule has 1 heterocycles. The Kier molecular flexibility index (Phi) is 6.28. The van der Waals surface area contributed by atoms with E-state index in [0.717, 1.165) is 16.7 Å². The monoisotopic (exact) mass is 436 g/mol. The number of hydrogen-bond donors (Lipinski definition) is 1. The quantitative estimate of drug-likeness (QED) is 0.688. The van der Waals surface area contributed by atoms with Gasteiger partial charge in [0.2, 0.25) is 0 Å². The van der Waals surface area contributed by atoms with E-state index in [4.69, 9.17) is 33.7 Å². The summed E-state index contributed by atoms with van der Waals surface area (Å²) in [5.41, 5.74) is 6.26. The lowest BCUT2D eigenvalue weighted by atomic mass is 10.1. The molecule has 9 heteroatoms. The predicted octanol–water partition coefficient (Wildman–Crippen LogP) is 4.09. The Bertz CT molecular complexity index is 994. The maximum absolute atomic E-state index is 12.7. The van der Waals surface area contributed by atoms with E-state index in [2.05, 4.69) is 0 Å². The van der Waals surface area contributed by atoms with E-state index in [-0.39, 0.29) is 18.1 Å². The Morgan fingerprint density at radius 3 is 2.64 bits per heavy atom. The number of nitrogens with two attached hydrogens (primary N) is 1. The number of carbonyl (C=O) groups excluding carboxylic acids is 3. The molecule has 2 aromatic carbocycles. The Morgan fingerprint density at radius 2 is 1.93 bits per heavy atom. The van der Waals surface area contributed by atoms with Crippen LogP contribution in [0, 0.1) is 0 Å². The molecule has 1 aliphatic rings. The zero-order chi connectivity index (χ0) is 20.3. The van der Waals surface area contributed by atoms with Crippen LogP contribution in [0.5, 0.6) is 5.75 Å². The Balaban J connectivity index is 1.82. The molecule has 6 nitrogen and oxygen atoms in total. The Hall–Kier alpha value is -2.48. The molecule has 0 aliphatic carbocycles. The SMILES string of the molecule is NC(=O)COc1ccccc1/C=C1\SC(=O)N(Cc2ccc(Cl)cc2Cl)C1=O. The fourth-order valence-corrected chi connectivity index (χ4v) is 3.78. The summed E-state index contributed by atoms with van der Waals surface area (Å²) in [7, 11) is 0. The van der Waals surface area contributed by atoms with Crippen molar-refractivity contribution in [2.75, 3.05) is 6.61 Å². The van der Waals surface area contributed by atoms with Crippen LogP contribution >= 0.6 is 35.0 Å². The molecule has 0 saturated carbocycles. The van der Waals surface area contributed by atoms with Crippen molar-refractivity contribution in [1.29, 1.82) is 0 Å². The Morgan fingerprint density at radius 1 is 1.18 bits per heavy atom. The lowest BCUT2D eigenvalue weighted by molar-refractivity contribution is -0.123. The molecule has 28 heavy (non-hydrogen) atoms. The zero-order valence-corrected chi connectivity index (χ0v) is 16.7. The van der Waals surface area contributed by atoms with E-state index in [1.165, 1.54) is 0 Å². The van der Waals surface area contributed by atoms with Crippen molar-refractivity contribution in [3.63, 3.8) is 0 Å². The number of para-hydroxylation sites is 1. The number of nitrogens with zero attached hydrogens (tertiary/aromatic N) is 1. The predicted molar refractivity (Wildman–Crippen MR) is 109 cm³/mol. The van der Waals surface area contributed by atoms with Crippen LogP contribution in [0.1, 0.15) is 11.1 Å². The normalized spacial score (nSPS) is 15.4. The maximum atomic E-state index is 12.7. The minimum atomic E-state index is -0.616. The van der Waals surface area contributed by atoms with Gasteiger partial charge in [0.15, 0.2) is 6.61 Å². The van der Waals surface area contributed by atoms with Crippen molar-refractivity contribution in [2.24, 2.45) is 5.73 Å². The number of rotatable bonds is 6. The number of primary amides is 1. The highest BCUT2D eigenvalue weighted by atomic mass is 35.5. The lowest BCUT2D eigenvalue weighted by Gasteiger charge is -2.13. The summed E-state index contributed by atoms with van der Waals surface area (Å²) < 4.78 is 5.35. The highest BCUT2D eigenvalue weighted by molar-refractivity contribution is 8.18. The van der Waals surface area contributed by atoms with Gasteiger partial charge in [-0.25, -0.2) is 0 Å². The molecule has 0 bridgehead atoms. The molecular formula is C19H14Cl2N2O4S. The average molecular weight is 437 g/mol. The van der Waals surface area contributed by atoms with Crippen LogP contribution < -0.4 is 10.5 Å². The van der Waals surface area contributed by atoms with Gasteiger partial charge in [-0.2, -0.15) is 0 Å². The van der Waals surface area contributed by atoms with Crippen LogP contribution in [0.15, 0.2) is 47.4 Å². The van der Waals surface area contributed by atoms with Crippen molar-refractivity contribution in [3.8, 4) is 5.75 Å². The third-order valence-corrected chi connectivity index (χ3v) is 5.29. The van der Waals surface area contributed by atoms with Gasteiger partial charge in [0.1, 0.15) is 5.75 Å². The number of halogens is 2. The number of thioether (sulfide) groups is 1. The smallest absolute Gasteiger partial charge is 0.293 e. The van der Waals surface area contributed by atoms with E-state index in [1.54, 1.807) is 48.5 Å². The van der Waals surface area contributed by atoms with Crippen LogP contribution in [0.4, 0.5) is 4.79 Å². The second-order valence-corrected chi connectivity index (χ2v) is 7.63. The molecular weight excluding hydrogens is 423 g/mol.